The molecule has 20 heavy (non-hydrogen) atoms. The van der Waals surface area contributed by atoms with E-state index in [0.29, 0.717) is 13.1 Å². The Morgan fingerprint density at radius 1 is 1.30 bits per heavy atom. The van der Waals surface area contributed by atoms with E-state index < -0.39 is 17.9 Å². The Bertz CT molecular complexity index is 443. The third kappa shape index (κ3) is 4.07. The van der Waals surface area contributed by atoms with E-state index in [2.05, 4.69) is 15.5 Å². The lowest BCUT2D eigenvalue weighted by atomic mass is 10.2. The molecule has 0 aliphatic rings. The number of likely N-dealkylation sites (N-methyl/N-ethyl adjacent to an activating group) is 1. The minimum Gasteiger partial charge on any atom is -0.357 e. The monoisotopic (exact) mass is 290 g/mol. The predicted octanol–water partition coefficient (Wildman–Crippen LogP) is 2.16. The van der Waals surface area contributed by atoms with Crippen molar-refractivity contribution < 1.29 is 18.0 Å². The summed E-state index contributed by atoms with van der Waals surface area (Å²) in [7, 11) is 0. The predicted molar refractivity (Wildman–Crippen MR) is 68.0 cm³/mol. The standard InChI is InChI=1S/C12H17F3N4O/c1-4-19(5-2)11(20)8(3)16-10-7-6-9(17-18-10)12(13,14)15/h6-8H,4-5H2,1-3H3,(H,16,18). The van der Waals surface area contributed by atoms with Gasteiger partial charge in [0.15, 0.2) is 5.69 Å². The Hall–Kier alpha value is -1.86. The van der Waals surface area contributed by atoms with E-state index in [9.17, 15) is 18.0 Å². The van der Waals surface area contributed by atoms with Crippen molar-refractivity contribution in [2.24, 2.45) is 0 Å². The molecule has 0 aliphatic heterocycles. The number of hydrogen-bond donors (Lipinski definition) is 1. The fourth-order valence-corrected chi connectivity index (χ4v) is 1.65. The highest BCUT2D eigenvalue weighted by molar-refractivity contribution is 5.83. The minimum absolute atomic E-state index is 0.131. The SMILES string of the molecule is CCN(CC)C(=O)C(C)Nc1ccc(C(F)(F)F)nn1. The van der Waals surface area contributed by atoms with E-state index in [1.165, 1.54) is 0 Å². The van der Waals surface area contributed by atoms with Crippen LogP contribution in [0.1, 0.15) is 26.5 Å². The quantitative estimate of drug-likeness (QED) is 0.903. The highest BCUT2D eigenvalue weighted by Gasteiger charge is 2.33. The van der Waals surface area contributed by atoms with Crippen molar-refractivity contribution in [3.63, 3.8) is 0 Å². The van der Waals surface area contributed by atoms with E-state index in [0.717, 1.165) is 12.1 Å². The molecule has 0 saturated carbocycles. The lowest BCUT2D eigenvalue weighted by Gasteiger charge is -2.23. The average Bonchev–Trinajstić information content (AvgIpc) is 2.39. The summed E-state index contributed by atoms with van der Waals surface area (Å²) < 4.78 is 37.0. The Morgan fingerprint density at radius 3 is 2.30 bits per heavy atom. The molecule has 112 valence electrons. The summed E-state index contributed by atoms with van der Waals surface area (Å²) in [6, 6.07) is 1.40. The molecule has 0 aromatic carbocycles. The number of nitrogens with one attached hydrogen (secondary N) is 1. The molecule has 1 N–H and O–H groups in total. The third-order valence-corrected chi connectivity index (χ3v) is 2.76. The van der Waals surface area contributed by atoms with Crippen LogP contribution < -0.4 is 5.32 Å². The van der Waals surface area contributed by atoms with Crippen molar-refractivity contribution in [1.29, 1.82) is 0 Å². The van der Waals surface area contributed by atoms with Crippen LogP contribution in [-0.2, 0) is 11.0 Å². The van der Waals surface area contributed by atoms with Gasteiger partial charge in [-0.05, 0) is 32.9 Å². The number of aromatic nitrogens is 2. The van der Waals surface area contributed by atoms with Gasteiger partial charge in [-0.3, -0.25) is 4.79 Å². The Kier molecular flexibility index (Phi) is 5.29. The number of anilines is 1. The van der Waals surface area contributed by atoms with Gasteiger partial charge >= 0.3 is 6.18 Å². The third-order valence-electron chi connectivity index (χ3n) is 2.76. The van der Waals surface area contributed by atoms with Gasteiger partial charge in [0.2, 0.25) is 5.91 Å². The first kappa shape index (κ1) is 16.2. The number of alkyl halides is 3. The second-order valence-corrected chi connectivity index (χ2v) is 4.18. The number of hydrogen-bond acceptors (Lipinski definition) is 4. The zero-order chi connectivity index (χ0) is 15.3. The Morgan fingerprint density at radius 2 is 1.90 bits per heavy atom. The molecule has 8 heteroatoms. The molecule has 0 fully saturated rings. The van der Waals surface area contributed by atoms with E-state index in [4.69, 9.17) is 0 Å². The number of halogens is 3. The number of carbonyl (C=O) groups excluding carboxylic acids is 1. The Labute approximate surface area is 115 Å². The molecule has 1 amide bonds. The topological polar surface area (TPSA) is 58.1 Å². The summed E-state index contributed by atoms with van der Waals surface area (Å²) in [5.41, 5.74) is -1.06. The lowest BCUT2D eigenvalue weighted by molar-refractivity contribution is -0.141. The van der Waals surface area contributed by atoms with Crippen LogP contribution >= 0.6 is 0 Å². The van der Waals surface area contributed by atoms with Gasteiger partial charge in [0, 0.05) is 13.1 Å². The molecular formula is C12H17F3N4O. The maximum absolute atomic E-state index is 12.3. The van der Waals surface area contributed by atoms with Gasteiger partial charge < -0.3 is 10.2 Å². The van der Waals surface area contributed by atoms with Crippen LogP contribution in [0.15, 0.2) is 12.1 Å². The van der Waals surface area contributed by atoms with Crippen molar-refractivity contribution in [1.82, 2.24) is 15.1 Å². The first-order valence-corrected chi connectivity index (χ1v) is 6.25. The van der Waals surface area contributed by atoms with Crippen LogP contribution in [0.4, 0.5) is 19.0 Å². The smallest absolute Gasteiger partial charge is 0.357 e. The van der Waals surface area contributed by atoms with Crippen LogP contribution in [0.25, 0.3) is 0 Å². The minimum atomic E-state index is -4.52. The molecule has 1 rings (SSSR count). The zero-order valence-electron chi connectivity index (χ0n) is 11.5. The van der Waals surface area contributed by atoms with E-state index in [-0.39, 0.29) is 11.7 Å². The molecule has 0 radical (unpaired) electrons. The van der Waals surface area contributed by atoms with Crippen LogP contribution in [0.3, 0.4) is 0 Å². The fraction of sp³-hybridized carbons (Fsp3) is 0.583. The average molecular weight is 290 g/mol. The van der Waals surface area contributed by atoms with Crippen molar-refractivity contribution >= 4 is 11.7 Å². The van der Waals surface area contributed by atoms with Gasteiger partial charge in [0.05, 0.1) is 0 Å². The largest absolute Gasteiger partial charge is 0.435 e. The summed E-state index contributed by atoms with van der Waals surface area (Å²) in [6.45, 7) is 6.47. The maximum atomic E-state index is 12.3. The molecule has 5 nitrogen and oxygen atoms in total. The number of nitrogens with zero attached hydrogens (tertiary/aromatic N) is 3. The molecule has 1 unspecified atom stereocenters. The second-order valence-electron chi connectivity index (χ2n) is 4.18. The summed E-state index contributed by atoms with van der Waals surface area (Å²) in [5, 5.41) is 9.25. The van der Waals surface area contributed by atoms with Crippen molar-refractivity contribution in [2.75, 3.05) is 18.4 Å². The van der Waals surface area contributed by atoms with E-state index in [1.54, 1.807) is 11.8 Å². The number of carbonyl (C=O) groups is 1. The lowest BCUT2D eigenvalue weighted by Crippen LogP contribution is -2.41. The van der Waals surface area contributed by atoms with Crippen molar-refractivity contribution in [3.8, 4) is 0 Å². The van der Waals surface area contributed by atoms with Gasteiger partial charge in [0.1, 0.15) is 11.9 Å². The summed E-state index contributed by atoms with van der Waals surface area (Å²) in [6.07, 6.45) is -4.52. The van der Waals surface area contributed by atoms with Crippen LogP contribution in [-0.4, -0.2) is 40.1 Å². The van der Waals surface area contributed by atoms with Crippen LogP contribution in [0, 0.1) is 0 Å². The summed E-state index contributed by atoms with van der Waals surface area (Å²) in [5.74, 6) is -0.0114. The first-order valence-electron chi connectivity index (χ1n) is 6.25. The highest BCUT2D eigenvalue weighted by atomic mass is 19.4. The fourth-order valence-electron chi connectivity index (χ4n) is 1.65. The number of rotatable bonds is 5. The zero-order valence-corrected chi connectivity index (χ0v) is 11.5. The maximum Gasteiger partial charge on any atom is 0.435 e. The normalized spacial score (nSPS) is 12.9. The van der Waals surface area contributed by atoms with E-state index >= 15 is 0 Å². The Balaban J connectivity index is 2.71. The number of amides is 1. The van der Waals surface area contributed by atoms with Crippen LogP contribution in [0.5, 0.6) is 0 Å². The molecule has 0 spiro atoms. The highest BCUT2D eigenvalue weighted by Crippen LogP contribution is 2.27. The van der Waals surface area contributed by atoms with Crippen LogP contribution in [0.2, 0.25) is 0 Å². The molecule has 1 aromatic heterocycles. The first-order chi connectivity index (χ1) is 9.29. The molecule has 1 aromatic rings. The molecule has 0 bridgehead atoms. The molecule has 0 saturated heterocycles. The molecule has 1 heterocycles. The van der Waals surface area contributed by atoms with Gasteiger partial charge in [0.25, 0.3) is 0 Å². The molecular weight excluding hydrogens is 273 g/mol. The van der Waals surface area contributed by atoms with Gasteiger partial charge in [-0.1, -0.05) is 0 Å². The van der Waals surface area contributed by atoms with Crippen molar-refractivity contribution in [2.45, 2.75) is 33.0 Å². The molecule has 0 aliphatic carbocycles. The second kappa shape index (κ2) is 6.53. The van der Waals surface area contributed by atoms with Crippen molar-refractivity contribution in [3.05, 3.63) is 17.8 Å². The van der Waals surface area contributed by atoms with E-state index in [1.807, 2.05) is 13.8 Å². The van der Waals surface area contributed by atoms with Gasteiger partial charge in [-0.15, -0.1) is 10.2 Å². The van der Waals surface area contributed by atoms with Gasteiger partial charge in [-0.2, -0.15) is 13.2 Å². The summed E-state index contributed by atoms with van der Waals surface area (Å²) in [4.78, 5) is 13.6. The summed E-state index contributed by atoms with van der Waals surface area (Å²) >= 11 is 0. The molecule has 1 atom stereocenters. The van der Waals surface area contributed by atoms with Gasteiger partial charge in [-0.25, -0.2) is 0 Å².